The first-order chi connectivity index (χ1) is 29.5. The van der Waals surface area contributed by atoms with Crippen LogP contribution >= 0.6 is 0 Å². The number of hydrogen-bond acceptors (Lipinski definition) is 6. The molecular formula is C52H49N3O6. The van der Waals surface area contributed by atoms with E-state index in [0.29, 0.717) is 18.5 Å². The maximum atomic E-state index is 15.5. The molecule has 0 aliphatic carbocycles. The molecule has 5 atom stereocenters. The van der Waals surface area contributed by atoms with Crippen LogP contribution in [0.25, 0.3) is 10.8 Å². The molecule has 1 spiro atoms. The van der Waals surface area contributed by atoms with Crippen LogP contribution in [0.5, 0.6) is 5.75 Å². The van der Waals surface area contributed by atoms with Crippen LogP contribution < -0.4 is 14.5 Å². The van der Waals surface area contributed by atoms with Crippen molar-refractivity contribution in [3.8, 4) is 5.75 Å². The zero-order valence-corrected chi connectivity index (χ0v) is 34.9. The molecule has 308 valence electrons. The van der Waals surface area contributed by atoms with Crippen molar-refractivity contribution in [2.24, 2.45) is 11.8 Å². The molecule has 3 amide bonds. The summed E-state index contributed by atoms with van der Waals surface area (Å²) in [6.45, 7) is 6.96. The van der Waals surface area contributed by atoms with Gasteiger partial charge < -0.3 is 24.4 Å². The quantitative estimate of drug-likeness (QED) is 0.157. The molecule has 4 heterocycles. The van der Waals surface area contributed by atoms with Gasteiger partial charge >= 0.3 is 0 Å². The Morgan fingerprint density at radius 3 is 2.33 bits per heavy atom. The van der Waals surface area contributed by atoms with Gasteiger partial charge in [-0.2, -0.15) is 0 Å². The monoisotopic (exact) mass is 811 g/mol. The Morgan fingerprint density at radius 1 is 0.852 bits per heavy atom. The topological polar surface area (TPSA) is 99.6 Å². The average Bonchev–Trinajstić information content (AvgIpc) is 3.84. The SMILES string of the molecule is COc1ccc(C(C)(C)[C@H]2[C@H](CC(=O)N3Cc4ccccc4C[C@H]3CO)O[C@@]3(C(=O)N(Cc4cccc(N5C(=O)c6cccc7cccc5c67)c4)c4ccccc43)[C@@H]2C)cc1. The smallest absolute Gasteiger partial charge is 0.264 e. The van der Waals surface area contributed by atoms with Crippen LogP contribution in [0.2, 0.25) is 0 Å². The Hall–Kier alpha value is -6.29. The van der Waals surface area contributed by atoms with Crippen molar-refractivity contribution in [1.82, 2.24) is 4.90 Å². The molecule has 10 rings (SSSR count). The van der Waals surface area contributed by atoms with Crippen LogP contribution in [0.15, 0.2) is 133 Å². The van der Waals surface area contributed by atoms with Crippen molar-refractivity contribution >= 4 is 45.6 Å². The summed E-state index contributed by atoms with van der Waals surface area (Å²) in [6.07, 6.45) is -0.0189. The Kier molecular flexibility index (Phi) is 9.38. The lowest BCUT2D eigenvalue weighted by Crippen LogP contribution is -2.48. The zero-order chi connectivity index (χ0) is 42.2. The number of carbonyl (C=O) groups excluding carboxylic acids is 3. The number of methoxy groups -OCH3 is 1. The second-order valence-corrected chi connectivity index (χ2v) is 17.6. The highest BCUT2D eigenvalue weighted by atomic mass is 16.5. The molecule has 0 aromatic heterocycles. The zero-order valence-electron chi connectivity index (χ0n) is 34.9. The number of ether oxygens (including phenoxy) is 2. The molecule has 0 bridgehead atoms. The molecule has 9 nitrogen and oxygen atoms in total. The van der Waals surface area contributed by atoms with E-state index in [4.69, 9.17) is 9.47 Å². The number of benzene rings is 6. The number of hydrogen-bond donors (Lipinski definition) is 1. The molecule has 0 saturated carbocycles. The summed E-state index contributed by atoms with van der Waals surface area (Å²) in [7, 11) is 1.65. The van der Waals surface area contributed by atoms with E-state index in [0.717, 1.165) is 61.4 Å². The molecule has 6 aromatic rings. The van der Waals surface area contributed by atoms with Crippen LogP contribution in [0.3, 0.4) is 0 Å². The molecule has 0 radical (unpaired) electrons. The fraction of sp³-hybridized carbons (Fsp3) is 0.288. The van der Waals surface area contributed by atoms with Crippen LogP contribution in [-0.4, -0.2) is 53.6 Å². The van der Waals surface area contributed by atoms with Crippen LogP contribution in [-0.2, 0) is 44.9 Å². The third-order valence-corrected chi connectivity index (χ3v) is 14.1. The summed E-state index contributed by atoms with van der Waals surface area (Å²) in [4.78, 5) is 49.5. The molecule has 1 saturated heterocycles. The fourth-order valence-electron chi connectivity index (χ4n) is 11.1. The summed E-state index contributed by atoms with van der Waals surface area (Å²) < 4.78 is 12.8. The molecule has 4 aliphatic heterocycles. The van der Waals surface area contributed by atoms with Gasteiger partial charge in [0.1, 0.15) is 5.75 Å². The predicted molar refractivity (Wildman–Crippen MR) is 236 cm³/mol. The number of aliphatic hydroxyl groups is 1. The minimum Gasteiger partial charge on any atom is -0.497 e. The molecule has 0 unspecified atom stereocenters. The number of rotatable bonds is 9. The van der Waals surface area contributed by atoms with Crippen LogP contribution in [0.1, 0.15) is 65.4 Å². The molecular weight excluding hydrogens is 763 g/mol. The number of carbonyl (C=O) groups is 3. The Balaban J connectivity index is 1.01. The first-order valence-electron chi connectivity index (χ1n) is 21.2. The number of fused-ring (bicyclic) bond motifs is 3. The maximum absolute atomic E-state index is 15.5. The van der Waals surface area contributed by atoms with Gasteiger partial charge in [-0.3, -0.25) is 19.3 Å². The summed E-state index contributed by atoms with van der Waals surface area (Å²) in [5, 5.41) is 12.5. The lowest BCUT2D eigenvalue weighted by atomic mass is 9.63. The van der Waals surface area contributed by atoms with E-state index in [1.54, 1.807) is 16.9 Å². The fourth-order valence-corrected chi connectivity index (χ4v) is 11.1. The lowest BCUT2D eigenvalue weighted by Gasteiger charge is -2.40. The van der Waals surface area contributed by atoms with Crippen LogP contribution in [0.4, 0.5) is 17.1 Å². The van der Waals surface area contributed by atoms with Crippen molar-refractivity contribution in [2.45, 2.75) is 69.9 Å². The Labute approximate surface area is 356 Å². The summed E-state index contributed by atoms with van der Waals surface area (Å²) in [5.41, 5.74) is 5.99. The number of para-hydroxylation sites is 1. The molecule has 4 aliphatic rings. The van der Waals surface area contributed by atoms with Gasteiger partial charge in [0.15, 0.2) is 5.60 Å². The lowest BCUT2D eigenvalue weighted by molar-refractivity contribution is -0.151. The van der Waals surface area contributed by atoms with Gasteiger partial charge in [0.25, 0.3) is 11.8 Å². The van der Waals surface area contributed by atoms with Crippen molar-refractivity contribution in [1.29, 1.82) is 0 Å². The van der Waals surface area contributed by atoms with Gasteiger partial charge in [0, 0.05) is 35.0 Å². The van der Waals surface area contributed by atoms with Crippen molar-refractivity contribution in [3.63, 3.8) is 0 Å². The van der Waals surface area contributed by atoms with Crippen molar-refractivity contribution in [3.05, 3.63) is 167 Å². The van der Waals surface area contributed by atoms with Gasteiger partial charge in [-0.05, 0) is 81.9 Å². The summed E-state index contributed by atoms with van der Waals surface area (Å²) >= 11 is 0. The van der Waals surface area contributed by atoms with Gasteiger partial charge in [0.05, 0.1) is 55.8 Å². The predicted octanol–water partition coefficient (Wildman–Crippen LogP) is 8.85. The first kappa shape index (κ1) is 38.9. The highest BCUT2D eigenvalue weighted by Gasteiger charge is 2.66. The standard InChI is InChI=1S/C52H49N3O6/c1-32-48(51(2,3)37-22-24-40(60-4)25-23-37)45(28-46(57)53-30-36-14-6-5-13-35(36)27-39(53)31-56)61-52(32)42-19-7-8-20-43(42)54(50(52)59)29-33-12-9-17-38(26-33)55-44-21-11-16-34-15-10-18-41(47(34)44)49(55)58/h5-26,32,39,45,48,56H,27-31H2,1-4H3/t32-,39+,45+,48-,52+/m1/s1. The normalized spacial score (nSPS) is 22.9. The second kappa shape index (κ2) is 14.7. The third kappa shape index (κ3) is 6.00. The van der Waals surface area contributed by atoms with Crippen molar-refractivity contribution in [2.75, 3.05) is 23.5 Å². The minimum absolute atomic E-state index is 0.0471. The van der Waals surface area contributed by atoms with Crippen molar-refractivity contribution < 1.29 is 29.0 Å². The number of aliphatic hydroxyl groups excluding tert-OH is 1. The Bertz CT molecular complexity index is 2720. The van der Waals surface area contributed by atoms with E-state index in [9.17, 15) is 14.7 Å². The number of nitrogens with zero attached hydrogens (tertiary/aromatic N) is 3. The minimum atomic E-state index is -1.37. The van der Waals surface area contributed by atoms with E-state index < -0.39 is 17.1 Å². The van der Waals surface area contributed by atoms with Gasteiger partial charge in [-0.25, -0.2) is 0 Å². The van der Waals surface area contributed by atoms with Crippen LogP contribution in [0, 0.1) is 11.8 Å². The highest BCUT2D eigenvalue weighted by Crippen LogP contribution is 2.60. The average molecular weight is 812 g/mol. The second-order valence-electron chi connectivity index (χ2n) is 17.6. The molecule has 1 fully saturated rings. The van der Waals surface area contributed by atoms with E-state index >= 15 is 4.79 Å². The Morgan fingerprint density at radius 2 is 1.56 bits per heavy atom. The molecule has 6 aromatic carbocycles. The largest absolute Gasteiger partial charge is 0.497 e. The van der Waals surface area contributed by atoms with E-state index in [1.165, 1.54) is 0 Å². The van der Waals surface area contributed by atoms with E-state index in [-0.39, 0.29) is 55.2 Å². The molecule has 1 N–H and O–H groups in total. The first-order valence-corrected chi connectivity index (χ1v) is 21.2. The molecule has 61 heavy (non-hydrogen) atoms. The van der Waals surface area contributed by atoms with Gasteiger partial charge in [-0.15, -0.1) is 0 Å². The number of anilines is 3. The number of amides is 3. The van der Waals surface area contributed by atoms with E-state index in [2.05, 4.69) is 39.0 Å². The van der Waals surface area contributed by atoms with E-state index in [1.807, 2.05) is 120 Å². The molecule has 9 heteroatoms. The highest BCUT2D eigenvalue weighted by molar-refractivity contribution is 6.27. The van der Waals surface area contributed by atoms with Gasteiger partial charge in [0.2, 0.25) is 5.91 Å². The third-order valence-electron chi connectivity index (χ3n) is 14.1. The summed E-state index contributed by atoms with van der Waals surface area (Å²) in [6, 6.07) is 43.2. The maximum Gasteiger partial charge on any atom is 0.264 e. The summed E-state index contributed by atoms with van der Waals surface area (Å²) in [5.74, 6) is -0.255. The van der Waals surface area contributed by atoms with Gasteiger partial charge in [-0.1, -0.05) is 112 Å².